The summed E-state index contributed by atoms with van der Waals surface area (Å²) in [7, 11) is 0. The predicted molar refractivity (Wildman–Crippen MR) is 60.3 cm³/mol. The van der Waals surface area contributed by atoms with Gasteiger partial charge in [-0.3, -0.25) is 0 Å². The van der Waals surface area contributed by atoms with Crippen LogP contribution in [0.25, 0.3) is 0 Å². The first-order chi connectivity index (χ1) is 6.24. The van der Waals surface area contributed by atoms with Crippen molar-refractivity contribution in [2.75, 3.05) is 13.2 Å². The van der Waals surface area contributed by atoms with Crippen LogP contribution in [0.15, 0.2) is 0 Å². The van der Waals surface area contributed by atoms with Gasteiger partial charge < -0.3 is 4.74 Å². The van der Waals surface area contributed by atoms with Gasteiger partial charge in [0.1, 0.15) is 0 Å². The molecule has 1 fully saturated rings. The Morgan fingerprint density at radius 3 is 2.92 bits per heavy atom. The summed E-state index contributed by atoms with van der Waals surface area (Å²) in [6, 6.07) is 0. The summed E-state index contributed by atoms with van der Waals surface area (Å²) in [5.74, 6) is 1.60. The molecule has 78 valence electrons. The molecule has 0 radical (unpaired) electrons. The lowest BCUT2D eigenvalue weighted by atomic mass is 9.89. The van der Waals surface area contributed by atoms with Crippen LogP contribution in [0.2, 0.25) is 0 Å². The first kappa shape index (κ1) is 11.5. The van der Waals surface area contributed by atoms with Crippen molar-refractivity contribution in [2.24, 2.45) is 11.8 Å². The maximum absolute atomic E-state index is 5.50. The standard InChI is InChI=1S/C11H21BrO/c1-3-4-9(2)7-10-8-13-6-5-11(10)12/h9-11H,3-8H2,1-2H3. The zero-order valence-corrected chi connectivity index (χ0v) is 10.3. The van der Waals surface area contributed by atoms with Crippen molar-refractivity contribution in [3.05, 3.63) is 0 Å². The quantitative estimate of drug-likeness (QED) is 0.691. The van der Waals surface area contributed by atoms with Crippen molar-refractivity contribution in [1.82, 2.24) is 0 Å². The SMILES string of the molecule is CCCC(C)CC1COCCC1Br. The predicted octanol–water partition coefficient (Wildman–Crippen LogP) is 3.61. The minimum absolute atomic E-state index is 0.695. The third-order valence-corrected chi connectivity index (χ3v) is 4.07. The van der Waals surface area contributed by atoms with Gasteiger partial charge in [0.2, 0.25) is 0 Å². The molecule has 0 aromatic heterocycles. The summed E-state index contributed by atoms with van der Waals surface area (Å²) in [6.45, 7) is 6.52. The van der Waals surface area contributed by atoms with Crippen LogP contribution < -0.4 is 0 Å². The normalized spacial score (nSPS) is 31.6. The van der Waals surface area contributed by atoms with E-state index in [4.69, 9.17) is 4.74 Å². The number of alkyl halides is 1. The maximum Gasteiger partial charge on any atom is 0.0505 e. The Morgan fingerprint density at radius 2 is 2.31 bits per heavy atom. The van der Waals surface area contributed by atoms with Gasteiger partial charge in [0.15, 0.2) is 0 Å². The Kier molecular flexibility index (Phi) is 5.34. The summed E-state index contributed by atoms with van der Waals surface area (Å²) < 4.78 is 5.50. The average molecular weight is 249 g/mol. The molecule has 2 heteroatoms. The summed E-state index contributed by atoms with van der Waals surface area (Å²) in [4.78, 5) is 0.695. The Morgan fingerprint density at radius 1 is 1.54 bits per heavy atom. The fraction of sp³-hybridized carbons (Fsp3) is 1.00. The third-order valence-electron chi connectivity index (χ3n) is 2.87. The molecule has 0 saturated carbocycles. The van der Waals surface area contributed by atoms with Crippen LogP contribution in [0.4, 0.5) is 0 Å². The zero-order valence-electron chi connectivity index (χ0n) is 8.76. The van der Waals surface area contributed by atoms with E-state index in [0.717, 1.165) is 25.0 Å². The summed E-state index contributed by atoms with van der Waals surface area (Å²) >= 11 is 3.75. The molecule has 0 aliphatic carbocycles. The summed E-state index contributed by atoms with van der Waals surface area (Å²) in [6.07, 6.45) is 5.17. The molecule has 3 unspecified atom stereocenters. The second kappa shape index (κ2) is 6.02. The zero-order chi connectivity index (χ0) is 9.68. The Hall–Kier alpha value is 0.440. The van der Waals surface area contributed by atoms with E-state index >= 15 is 0 Å². The molecule has 1 nitrogen and oxygen atoms in total. The molecule has 1 aliphatic heterocycles. The van der Waals surface area contributed by atoms with E-state index in [1.54, 1.807) is 0 Å². The van der Waals surface area contributed by atoms with Crippen molar-refractivity contribution >= 4 is 15.9 Å². The maximum atomic E-state index is 5.50. The molecular formula is C11H21BrO. The molecule has 0 spiro atoms. The molecule has 0 N–H and O–H groups in total. The van der Waals surface area contributed by atoms with Gasteiger partial charge in [0, 0.05) is 11.4 Å². The van der Waals surface area contributed by atoms with Gasteiger partial charge in [0.25, 0.3) is 0 Å². The van der Waals surface area contributed by atoms with E-state index < -0.39 is 0 Å². The topological polar surface area (TPSA) is 9.23 Å². The lowest BCUT2D eigenvalue weighted by molar-refractivity contribution is 0.0512. The van der Waals surface area contributed by atoms with Crippen molar-refractivity contribution in [1.29, 1.82) is 0 Å². The van der Waals surface area contributed by atoms with Gasteiger partial charge in [0.05, 0.1) is 6.61 Å². The number of hydrogen-bond acceptors (Lipinski definition) is 1. The highest BCUT2D eigenvalue weighted by atomic mass is 79.9. The highest BCUT2D eigenvalue weighted by molar-refractivity contribution is 9.09. The second-order valence-corrected chi connectivity index (χ2v) is 5.45. The fourth-order valence-electron chi connectivity index (χ4n) is 2.11. The molecule has 13 heavy (non-hydrogen) atoms. The average Bonchev–Trinajstić information content (AvgIpc) is 2.09. The monoisotopic (exact) mass is 248 g/mol. The van der Waals surface area contributed by atoms with Crippen LogP contribution >= 0.6 is 15.9 Å². The molecule has 1 rings (SSSR count). The first-order valence-electron chi connectivity index (χ1n) is 5.45. The number of rotatable bonds is 4. The van der Waals surface area contributed by atoms with Crippen molar-refractivity contribution in [2.45, 2.75) is 44.4 Å². The highest BCUT2D eigenvalue weighted by Gasteiger charge is 2.24. The lowest BCUT2D eigenvalue weighted by Crippen LogP contribution is -2.29. The number of ether oxygens (including phenoxy) is 1. The molecular weight excluding hydrogens is 228 g/mol. The van der Waals surface area contributed by atoms with Gasteiger partial charge in [-0.25, -0.2) is 0 Å². The highest BCUT2D eigenvalue weighted by Crippen LogP contribution is 2.28. The lowest BCUT2D eigenvalue weighted by Gasteiger charge is -2.29. The van der Waals surface area contributed by atoms with E-state index in [-0.39, 0.29) is 0 Å². The molecule has 0 aromatic carbocycles. The van der Waals surface area contributed by atoms with Gasteiger partial charge >= 0.3 is 0 Å². The number of halogens is 1. The molecule has 0 aromatic rings. The minimum Gasteiger partial charge on any atom is -0.381 e. The van der Waals surface area contributed by atoms with Gasteiger partial charge in [-0.05, 0) is 24.7 Å². The molecule has 3 atom stereocenters. The summed E-state index contributed by atoms with van der Waals surface area (Å²) in [5.41, 5.74) is 0. The Labute approximate surface area is 90.4 Å². The van der Waals surface area contributed by atoms with Crippen LogP contribution in [0, 0.1) is 11.8 Å². The molecule has 0 bridgehead atoms. The van der Waals surface area contributed by atoms with Gasteiger partial charge in [-0.2, -0.15) is 0 Å². The largest absolute Gasteiger partial charge is 0.381 e. The van der Waals surface area contributed by atoms with Crippen LogP contribution in [0.5, 0.6) is 0 Å². The first-order valence-corrected chi connectivity index (χ1v) is 6.37. The Bertz CT molecular complexity index is 138. The van der Waals surface area contributed by atoms with Crippen LogP contribution in [-0.2, 0) is 4.74 Å². The molecule has 1 heterocycles. The van der Waals surface area contributed by atoms with Crippen LogP contribution in [0.3, 0.4) is 0 Å². The van der Waals surface area contributed by atoms with Crippen molar-refractivity contribution in [3.63, 3.8) is 0 Å². The van der Waals surface area contributed by atoms with Crippen molar-refractivity contribution < 1.29 is 4.74 Å². The van der Waals surface area contributed by atoms with E-state index in [1.165, 1.54) is 25.7 Å². The van der Waals surface area contributed by atoms with Crippen LogP contribution in [-0.4, -0.2) is 18.0 Å². The smallest absolute Gasteiger partial charge is 0.0505 e. The second-order valence-electron chi connectivity index (χ2n) is 4.27. The van der Waals surface area contributed by atoms with E-state index in [2.05, 4.69) is 29.8 Å². The van der Waals surface area contributed by atoms with E-state index in [0.29, 0.717) is 4.83 Å². The van der Waals surface area contributed by atoms with Crippen LogP contribution in [0.1, 0.15) is 39.5 Å². The van der Waals surface area contributed by atoms with Gasteiger partial charge in [-0.15, -0.1) is 0 Å². The van der Waals surface area contributed by atoms with Gasteiger partial charge in [-0.1, -0.05) is 42.6 Å². The fourth-order valence-corrected chi connectivity index (χ4v) is 2.67. The minimum atomic E-state index is 0.695. The molecule has 0 amide bonds. The Balaban J connectivity index is 2.25. The molecule has 1 aliphatic rings. The summed E-state index contributed by atoms with van der Waals surface area (Å²) in [5, 5.41) is 0. The third kappa shape index (κ3) is 3.99. The van der Waals surface area contributed by atoms with Crippen molar-refractivity contribution in [3.8, 4) is 0 Å². The molecule has 1 saturated heterocycles. The van der Waals surface area contributed by atoms with E-state index in [9.17, 15) is 0 Å². The number of hydrogen-bond donors (Lipinski definition) is 0. The van der Waals surface area contributed by atoms with E-state index in [1.807, 2.05) is 0 Å².